The fourth-order valence-electron chi connectivity index (χ4n) is 5.08. The highest BCUT2D eigenvalue weighted by atomic mass is 16.4. The molecule has 3 aliphatic rings. The Kier molecular flexibility index (Phi) is 3.64. The lowest BCUT2D eigenvalue weighted by atomic mass is 9.81. The van der Waals surface area contributed by atoms with Crippen LogP contribution in [0.5, 0.6) is 0 Å². The maximum atomic E-state index is 12.9. The minimum atomic E-state index is -0.681. The molecule has 2 heterocycles. The summed E-state index contributed by atoms with van der Waals surface area (Å²) in [5.74, 6) is -0.390. The van der Waals surface area contributed by atoms with E-state index < -0.39 is 11.4 Å². The van der Waals surface area contributed by atoms with E-state index in [2.05, 4.69) is 17.9 Å². The van der Waals surface area contributed by atoms with Crippen molar-refractivity contribution in [1.29, 1.82) is 0 Å². The summed E-state index contributed by atoms with van der Waals surface area (Å²) in [6, 6.07) is 8.24. The summed E-state index contributed by atoms with van der Waals surface area (Å²) in [6.07, 6.45) is 3.61. The Hall–Kier alpha value is -1.88. The van der Waals surface area contributed by atoms with Crippen LogP contribution >= 0.6 is 0 Å². The zero-order valence-electron chi connectivity index (χ0n) is 14.1. The van der Waals surface area contributed by atoms with Crippen molar-refractivity contribution in [1.82, 2.24) is 4.90 Å². The average Bonchev–Trinajstić information content (AvgIpc) is 3.16. The van der Waals surface area contributed by atoms with Gasteiger partial charge in [0.15, 0.2) is 0 Å². The molecule has 5 nitrogen and oxygen atoms in total. The summed E-state index contributed by atoms with van der Waals surface area (Å²) in [5.41, 5.74) is 1.62. The van der Waals surface area contributed by atoms with Crippen LogP contribution in [0.25, 0.3) is 0 Å². The third-order valence-corrected chi connectivity index (χ3v) is 6.20. The minimum absolute atomic E-state index is 0.0907. The van der Waals surface area contributed by atoms with Crippen LogP contribution in [-0.2, 0) is 16.0 Å². The fourth-order valence-corrected chi connectivity index (χ4v) is 5.08. The molecule has 1 N–H and O–H groups in total. The molecule has 1 aromatic rings. The van der Waals surface area contributed by atoms with Crippen molar-refractivity contribution in [3.8, 4) is 0 Å². The monoisotopic (exact) mass is 328 g/mol. The highest BCUT2D eigenvalue weighted by molar-refractivity contribution is 5.97. The summed E-state index contributed by atoms with van der Waals surface area (Å²) in [5, 5.41) is 9.69. The molecular formula is C19H24N2O3. The second kappa shape index (κ2) is 5.59. The number of carboxylic acid groups (broad SMARTS) is 1. The number of likely N-dealkylation sites (tertiary alicyclic amines) is 1. The molecule has 0 aromatic heterocycles. The Morgan fingerprint density at radius 3 is 2.88 bits per heavy atom. The number of amides is 1. The van der Waals surface area contributed by atoms with Crippen molar-refractivity contribution in [2.45, 2.75) is 38.6 Å². The number of hydrogen-bond acceptors (Lipinski definition) is 3. The lowest BCUT2D eigenvalue weighted by molar-refractivity contribution is -0.149. The molecule has 1 amide bonds. The first kappa shape index (κ1) is 15.6. The van der Waals surface area contributed by atoms with Gasteiger partial charge in [-0.25, -0.2) is 0 Å². The standard InChI is InChI=1S/C19H24N2O3/c1-13-9-14-5-2-3-7-16(14)21(13)17(22)11-20-10-15-6-4-8-19(15,12-20)18(23)24/h2-3,5,7,13,15H,4,6,8-12H2,1H3,(H,23,24)/t13?,15-,19+/m0/s1. The predicted molar refractivity (Wildman–Crippen MR) is 90.9 cm³/mol. The van der Waals surface area contributed by atoms with Crippen molar-refractivity contribution in [2.75, 3.05) is 24.5 Å². The molecule has 0 radical (unpaired) electrons. The predicted octanol–water partition coefficient (Wildman–Crippen LogP) is 2.15. The van der Waals surface area contributed by atoms with E-state index in [-0.39, 0.29) is 17.9 Å². The molecule has 24 heavy (non-hydrogen) atoms. The topological polar surface area (TPSA) is 60.9 Å². The number of aliphatic carboxylic acids is 1. The van der Waals surface area contributed by atoms with Gasteiger partial charge in [-0.2, -0.15) is 0 Å². The molecule has 5 heteroatoms. The van der Waals surface area contributed by atoms with Gasteiger partial charge in [0.05, 0.1) is 12.0 Å². The molecule has 1 saturated heterocycles. The summed E-state index contributed by atoms with van der Waals surface area (Å²) in [6.45, 7) is 3.66. The second-order valence-electron chi connectivity index (χ2n) is 7.67. The Morgan fingerprint density at radius 2 is 2.12 bits per heavy atom. The number of carbonyl (C=O) groups excluding carboxylic acids is 1. The lowest BCUT2D eigenvalue weighted by Gasteiger charge is -2.27. The van der Waals surface area contributed by atoms with Gasteiger partial charge in [-0.15, -0.1) is 0 Å². The Bertz CT molecular complexity index is 689. The average molecular weight is 328 g/mol. The minimum Gasteiger partial charge on any atom is -0.481 e. The zero-order valence-corrected chi connectivity index (χ0v) is 14.1. The maximum absolute atomic E-state index is 12.9. The smallest absolute Gasteiger partial charge is 0.311 e. The van der Waals surface area contributed by atoms with Crippen molar-refractivity contribution >= 4 is 17.6 Å². The molecule has 2 aliphatic heterocycles. The number of rotatable bonds is 3. The van der Waals surface area contributed by atoms with Gasteiger partial charge in [0.2, 0.25) is 5.91 Å². The summed E-state index contributed by atoms with van der Waals surface area (Å²) < 4.78 is 0. The lowest BCUT2D eigenvalue weighted by Crippen LogP contribution is -2.43. The SMILES string of the molecule is CC1Cc2ccccc2N1C(=O)CN1C[C@@H]2CCC[C@@]2(C(=O)O)C1. The second-order valence-corrected chi connectivity index (χ2v) is 7.67. The number of nitrogens with zero attached hydrogens (tertiary/aromatic N) is 2. The quantitative estimate of drug-likeness (QED) is 0.923. The van der Waals surface area contributed by atoms with Gasteiger partial charge in [-0.3, -0.25) is 14.5 Å². The van der Waals surface area contributed by atoms with Crippen molar-refractivity contribution in [3.63, 3.8) is 0 Å². The molecule has 4 rings (SSSR count). The van der Waals surface area contributed by atoms with Crippen molar-refractivity contribution in [2.24, 2.45) is 11.3 Å². The molecular weight excluding hydrogens is 304 g/mol. The van der Waals surface area contributed by atoms with Crippen LogP contribution in [0.4, 0.5) is 5.69 Å². The Morgan fingerprint density at radius 1 is 1.33 bits per heavy atom. The molecule has 3 atom stereocenters. The Labute approximate surface area is 142 Å². The fraction of sp³-hybridized carbons (Fsp3) is 0.579. The third kappa shape index (κ3) is 2.25. The third-order valence-electron chi connectivity index (χ3n) is 6.20. The molecule has 1 aromatic carbocycles. The first-order valence-electron chi connectivity index (χ1n) is 8.87. The van der Waals surface area contributed by atoms with Crippen LogP contribution in [-0.4, -0.2) is 47.6 Å². The van der Waals surface area contributed by atoms with Crippen molar-refractivity contribution in [3.05, 3.63) is 29.8 Å². The number of anilines is 1. The van der Waals surface area contributed by atoms with Gasteiger partial charge in [0, 0.05) is 24.8 Å². The largest absolute Gasteiger partial charge is 0.481 e. The van der Waals surface area contributed by atoms with E-state index in [1.807, 2.05) is 23.1 Å². The summed E-state index contributed by atoms with van der Waals surface area (Å²) in [7, 11) is 0. The highest BCUT2D eigenvalue weighted by Crippen LogP contribution is 2.48. The number of benzene rings is 1. The maximum Gasteiger partial charge on any atom is 0.311 e. The van der Waals surface area contributed by atoms with Crippen LogP contribution in [0.2, 0.25) is 0 Å². The summed E-state index contributed by atoms with van der Waals surface area (Å²) >= 11 is 0. The first-order valence-corrected chi connectivity index (χ1v) is 8.87. The van der Waals surface area contributed by atoms with Crippen molar-refractivity contribution < 1.29 is 14.7 Å². The van der Waals surface area contributed by atoms with E-state index >= 15 is 0 Å². The van der Waals surface area contributed by atoms with Crippen LogP contribution < -0.4 is 4.90 Å². The van der Waals surface area contributed by atoms with Gasteiger partial charge in [0.25, 0.3) is 0 Å². The van der Waals surface area contributed by atoms with Gasteiger partial charge < -0.3 is 10.0 Å². The number of carboxylic acids is 1. The number of hydrogen-bond donors (Lipinski definition) is 1. The molecule has 2 fully saturated rings. The molecule has 1 aliphatic carbocycles. The molecule has 1 saturated carbocycles. The molecule has 0 bridgehead atoms. The molecule has 128 valence electrons. The van der Waals surface area contributed by atoms with E-state index in [0.29, 0.717) is 13.1 Å². The first-order chi connectivity index (χ1) is 11.5. The van der Waals surface area contributed by atoms with E-state index in [1.165, 1.54) is 5.56 Å². The van der Waals surface area contributed by atoms with Gasteiger partial charge in [0.1, 0.15) is 0 Å². The highest BCUT2D eigenvalue weighted by Gasteiger charge is 2.55. The number of carbonyl (C=O) groups is 2. The van der Waals surface area contributed by atoms with E-state index in [9.17, 15) is 14.7 Å². The molecule has 1 unspecified atom stereocenters. The van der Waals surface area contributed by atoms with Gasteiger partial charge in [-0.1, -0.05) is 24.6 Å². The van der Waals surface area contributed by atoms with E-state index in [4.69, 9.17) is 0 Å². The van der Waals surface area contributed by atoms with E-state index in [0.717, 1.165) is 37.9 Å². The zero-order chi connectivity index (χ0) is 16.9. The molecule has 0 spiro atoms. The van der Waals surface area contributed by atoms with Crippen LogP contribution in [0.3, 0.4) is 0 Å². The number of fused-ring (bicyclic) bond motifs is 2. The van der Waals surface area contributed by atoms with Gasteiger partial charge in [-0.05, 0) is 43.7 Å². The normalized spacial score (nSPS) is 32.0. The summed E-state index contributed by atoms with van der Waals surface area (Å²) in [4.78, 5) is 28.7. The van der Waals surface area contributed by atoms with Crippen LogP contribution in [0.15, 0.2) is 24.3 Å². The Balaban J connectivity index is 1.49. The van der Waals surface area contributed by atoms with Crippen LogP contribution in [0, 0.1) is 11.3 Å². The number of para-hydroxylation sites is 1. The van der Waals surface area contributed by atoms with Crippen LogP contribution in [0.1, 0.15) is 31.7 Å². The van der Waals surface area contributed by atoms with E-state index in [1.54, 1.807) is 0 Å². The van der Waals surface area contributed by atoms with Gasteiger partial charge >= 0.3 is 5.97 Å².